The number of ether oxygens (including phenoxy) is 1. The lowest BCUT2D eigenvalue weighted by atomic mass is 10.3. The monoisotopic (exact) mass is 327 g/mol. The van der Waals surface area contributed by atoms with E-state index in [1.165, 1.54) is 0 Å². The smallest absolute Gasteiger partial charge is 0.243 e. The highest BCUT2D eigenvalue weighted by atomic mass is 32.2. The zero-order valence-corrected chi connectivity index (χ0v) is 12.6. The van der Waals surface area contributed by atoms with E-state index in [1.54, 1.807) is 31.2 Å². The van der Waals surface area contributed by atoms with Crippen molar-refractivity contribution in [3.8, 4) is 5.75 Å². The van der Waals surface area contributed by atoms with E-state index in [4.69, 9.17) is 4.74 Å². The summed E-state index contributed by atoms with van der Waals surface area (Å²) in [5, 5.41) is 0. The van der Waals surface area contributed by atoms with Gasteiger partial charge in [0.25, 0.3) is 0 Å². The van der Waals surface area contributed by atoms with Gasteiger partial charge in [0, 0.05) is 6.54 Å². The Morgan fingerprint density at radius 2 is 1.77 bits per heavy atom. The van der Waals surface area contributed by atoms with Crippen LogP contribution in [0.2, 0.25) is 0 Å². The maximum Gasteiger partial charge on any atom is 0.243 e. The first-order valence-corrected chi connectivity index (χ1v) is 8.04. The van der Waals surface area contributed by atoms with Crippen LogP contribution in [0.15, 0.2) is 53.4 Å². The molecule has 1 N–H and O–H groups in total. The van der Waals surface area contributed by atoms with Crippen molar-refractivity contribution in [3.05, 3.63) is 60.2 Å². The van der Waals surface area contributed by atoms with Gasteiger partial charge in [0.05, 0.1) is 0 Å². The topological polar surface area (TPSA) is 55.4 Å². The molecule has 22 heavy (non-hydrogen) atoms. The van der Waals surface area contributed by atoms with Crippen molar-refractivity contribution in [2.75, 3.05) is 6.54 Å². The van der Waals surface area contributed by atoms with Gasteiger partial charge in [0.2, 0.25) is 10.0 Å². The molecule has 4 nitrogen and oxygen atoms in total. The average Bonchev–Trinajstić information content (AvgIpc) is 2.49. The van der Waals surface area contributed by atoms with Crippen LogP contribution >= 0.6 is 0 Å². The number of para-hydroxylation sites is 1. The second-order valence-corrected chi connectivity index (χ2v) is 6.38. The summed E-state index contributed by atoms with van der Waals surface area (Å²) in [5.74, 6) is -2.02. The first kappa shape index (κ1) is 16.4. The van der Waals surface area contributed by atoms with E-state index in [0.29, 0.717) is 5.75 Å². The quantitative estimate of drug-likeness (QED) is 0.887. The highest BCUT2D eigenvalue weighted by Gasteiger charge is 2.22. The molecule has 0 bridgehead atoms. The minimum absolute atomic E-state index is 0.0762. The minimum atomic E-state index is -4.15. The summed E-state index contributed by atoms with van der Waals surface area (Å²) in [6, 6.07) is 11.9. The van der Waals surface area contributed by atoms with Gasteiger partial charge < -0.3 is 4.74 Å². The summed E-state index contributed by atoms with van der Waals surface area (Å²) in [5.41, 5.74) is 0. The van der Waals surface area contributed by atoms with Crippen molar-refractivity contribution in [1.82, 2.24) is 4.72 Å². The van der Waals surface area contributed by atoms with Gasteiger partial charge in [-0.3, -0.25) is 0 Å². The van der Waals surface area contributed by atoms with E-state index in [9.17, 15) is 17.2 Å². The number of halogens is 2. The minimum Gasteiger partial charge on any atom is -0.489 e. The average molecular weight is 327 g/mol. The molecule has 0 amide bonds. The third-order valence-corrected chi connectivity index (χ3v) is 4.29. The van der Waals surface area contributed by atoms with E-state index >= 15 is 0 Å². The molecule has 0 radical (unpaired) electrons. The van der Waals surface area contributed by atoms with Gasteiger partial charge in [-0.2, -0.15) is 0 Å². The molecule has 0 aliphatic carbocycles. The molecule has 7 heteroatoms. The molecule has 0 spiro atoms. The Bertz CT molecular complexity index is 736. The van der Waals surface area contributed by atoms with Crippen LogP contribution in [0.4, 0.5) is 8.78 Å². The van der Waals surface area contributed by atoms with Crippen molar-refractivity contribution >= 4 is 10.0 Å². The van der Waals surface area contributed by atoms with Gasteiger partial charge in [-0.15, -0.1) is 0 Å². The van der Waals surface area contributed by atoms with Crippen molar-refractivity contribution in [3.63, 3.8) is 0 Å². The number of nitrogens with one attached hydrogen (secondary N) is 1. The van der Waals surface area contributed by atoms with E-state index in [-0.39, 0.29) is 6.54 Å². The van der Waals surface area contributed by atoms with Gasteiger partial charge in [0.1, 0.15) is 16.7 Å². The second-order valence-electron chi connectivity index (χ2n) is 4.65. The molecule has 0 aromatic heterocycles. The summed E-state index contributed by atoms with van der Waals surface area (Å²) in [6.45, 7) is 1.59. The van der Waals surface area contributed by atoms with Gasteiger partial charge in [-0.25, -0.2) is 21.9 Å². The Hall–Kier alpha value is -1.99. The summed E-state index contributed by atoms with van der Waals surface area (Å²) >= 11 is 0. The molecule has 0 aliphatic heterocycles. The fourth-order valence-electron chi connectivity index (χ4n) is 1.77. The van der Waals surface area contributed by atoms with Crippen molar-refractivity contribution in [1.29, 1.82) is 0 Å². The van der Waals surface area contributed by atoms with E-state index < -0.39 is 32.7 Å². The van der Waals surface area contributed by atoms with E-state index in [0.717, 1.165) is 18.2 Å². The van der Waals surface area contributed by atoms with Crippen LogP contribution in [0, 0.1) is 11.6 Å². The maximum atomic E-state index is 13.5. The lowest BCUT2D eigenvalue weighted by Gasteiger charge is -2.15. The van der Waals surface area contributed by atoms with Gasteiger partial charge in [-0.1, -0.05) is 24.3 Å². The molecular weight excluding hydrogens is 312 g/mol. The van der Waals surface area contributed by atoms with E-state index in [1.807, 2.05) is 6.07 Å². The van der Waals surface area contributed by atoms with Crippen molar-refractivity contribution < 1.29 is 21.9 Å². The summed E-state index contributed by atoms with van der Waals surface area (Å²) < 4.78 is 58.3. The third-order valence-electron chi connectivity index (χ3n) is 2.85. The normalized spacial score (nSPS) is 12.9. The number of hydrogen-bond acceptors (Lipinski definition) is 3. The lowest BCUT2D eigenvalue weighted by molar-refractivity contribution is 0.225. The molecule has 2 aromatic rings. The molecule has 0 saturated carbocycles. The zero-order chi connectivity index (χ0) is 16.2. The lowest BCUT2D eigenvalue weighted by Crippen LogP contribution is -2.34. The van der Waals surface area contributed by atoms with E-state index in [2.05, 4.69) is 4.72 Å². The Kier molecular flexibility index (Phi) is 5.10. The molecule has 0 fully saturated rings. The molecule has 0 saturated heterocycles. The predicted octanol–water partition coefficient (Wildman–Crippen LogP) is 2.71. The van der Waals surface area contributed by atoms with Crippen LogP contribution in [0.3, 0.4) is 0 Å². The van der Waals surface area contributed by atoms with Crippen LogP contribution in [-0.4, -0.2) is 21.1 Å². The number of rotatable bonds is 6. The molecule has 1 atom stereocenters. The SMILES string of the molecule is CC(CNS(=O)(=O)c1cccc(F)c1F)Oc1ccccc1. The number of benzene rings is 2. The molecule has 2 rings (SSSR count). The standard InChI is InChI=1S/C15H15F2NO3S/c1-11(21-12-6-3-2-4-7-12)10-18-22(19,20)14-9-5-8-13(16)15(14)17/h2-9,11,18H,10H2,1H3. The highest BCUT2D eigenvalue weighted by molar-refractivity contribution is 7.89. The second kappa shape index (κ2) is 6.85. The fourth-order valence-corrected chi connectivity index (χ4v) is 2.97. The Morgan fingerprint density at radius 3 is 2.45 bits per heavy atom. The predicted molar refractivity (Wildman–Crippen MR) is 78.1 cm³/mol. The number of hydrogen-bond donors (Lipinski definition) is 1. The summed E-state index contributed by atoms with van der Waals surface area (Å²) in [6.07, 6.45) is -0.478. The molecular formula is C15H15F2NO3S. The molecule has 0 heterocycles. The molecule has 118 valence electrons. The summed E-state index contributed by atoms with van der Waals surface area (Å²) in [7, 11) is -4.15. The van der Waals surface area contributed by atoms with Crippen LogP contribution in [0.25, 0.3) is 0 Å². The number of sulfonamides is 1. The van der Waals surface area contributed by atoms with Crippen molar-refractivity contribution in [2.45, 2.75) is 17.9 Å². The van der Waals surface area contributed by atoms with Crippen LogP contribution in [0.1, 0.15) is 6.92 Å². The largest absolute Gasteiger partial charge is 0.489 e. The Balaban J connectivity index is 2.02. The van der Waals surface area contributed by atoms with Crippen molar-refractivity contribution in [2.24, 2.45) is 0 Å². The zero-order valence-electron chi connectivity index (χ0n) is 11.8. The summed E-state index contributed by atoms with van der Waals surface area (Å²) in [4.78, 5) is -0.723. The fraction of sp³-hybridized carbons (Fsp3) is 0.200. The van der Waals surface area contributed by atoms with Crippen LogP contribution < -0.4 is 9.46 Å². The van der Waals surface area contributed by atoms with Gasteiger partial charge in [-0.05, 0) is 31.2 Å². The van der Waals surface area contributed by atoms with Gasteiger partial charge >= 0.3 is 0 Å². The van der Waals surface area contributed by atoms with Crippen LogP contribution in [0.5, 0.6) is 5.75 Å². The van der Waals surface area contributed by atoms with Gasteiger partial charge in [0.15, 0.2) is 11.6 Å². The molecule has 2 aromatic carbocycles. The Morgan fingerprint density at radius 1 is 1.09 bits per heavy atom. The van der Waals surface area contributed by atoms with Crippen LogP contribution in [-0.2, 0) is 10.0 Å². The third kappa shape index (κ3) is 4.02. The molecule has 0 aliphatic rings. The highest BCUT2D eigenvalue weighted by Crippen LogP contribution is 2.17. The first-order valence-electron chi connectivity index (χ1n) is 6.55. The maximum absolute atomic E-state index is 13.5. The molecule has 1 unspecified atom stereocenters. The Labute approximate surface area is 127 Å². The first-order chi connectivity index (χ1) is 10.4.